The maximum Gasteiger partial charge on any atom is 0.354 e. The van der Waals surface area contributed by atoms with E-state index >= 15 is 0 Å². The SMILES string of the molecule is Cc1cc(NC(=O)c2ccc(Br)c(O)c2)c(C(=O)O)[nH]1. The summed E-state index contributed by atoms with van der Waals surface area (Å²) in [7, 11) is 0. The van der Waals surface area contributed by atoms with E-state index in [1.807, 2.05) is 0 Å². The van der Waals surface area contributed by atoms with Gasteiger partial charge in [-0.3, -0.25) is 4.79 Å². The minimum Gasteiger partial charge on any atom is -0.507 e. The Hall–Kier alpha value is -2.28. The van der Waals surface area contributed by atoms with E-state index in [0.29, 0.717) is 10.2 Å². The molecule has 0 aliphatic heterocycles. The predicted molar refractivity (Wildman–Crippen MR) is 76.2 cm³/mol. The van der Waals surface area contributed by atoms with Gasteiger partial charge in [-0.2, -0.15) is 0 Å². The molecule has 0 bridgehead atoms. The monoisotopic (exact) mass is 338 g/mol. The third kappa shape index (κ3) is 2.83. The molecule has 1 aromatic carbocycles. The van der Waals surface area contributed by atoms with Gasteiger partial charge in [-0.05, 0) is 47.1 Å². The van der Waals surface area contributed by atoms with Crippen LogP contribution in [0.3, 0.4) is 0 Å². The van der Waals surface area contributed by atoms with Crippen LogP contribution in [0.5, 0.6) is 5.75 Å². The number of aromatic amines is 1. The summed E-state index contributed by atoms with van der Waals surface area (Å²) in [5, 5.41) is 21.0. The van der Waals surface area contributed by atoms with Crippen LogP contribution in [0.2, 0.25) is 0 Å². The zero-order chi connectivity index (χ0) is 14.9. The van der Waals surface area contributed by atoms with Crippen LogP contribution in [-0.2, 0) is 0 Å². The number of aromatic nitrogens is 1. The van der Waals surface area contributed by atoms with E-state index in [9.17, 15) is 14.7 Å². The molecule has 6 nitrogen and oxygen atoms in total. The van der Waals surface area contributed by atoms with Crippen molar-refractivity contribution in [3.05, 3.63) is 45.7 Å². The highest BCUT2D eigenvalue weighted by Gasteiger charge is 2.16. The van der Waals surface area contributed by atoms with Crippen molar-refractivity contribution >= 4 is 33.5 Å². The Morgan fingerprint density at radius 3 is 2.60 bits per heavy atom. The first-order valence-electron chi connectivity index (χ1n) is 5.61. The lowest BCUT2D eigenvalue weighted by Crippen LogP contribution is -2.14. The van der Waals surface area contributed by atoms with Gasteiger partial charge in [-0.15, -0.1) is 0 Å². The number of rotatable bonds is 3. The van der Waals surface area contributed by atoms with E-state index in [1.54, 1.807) is 6.92 Å². The molecule has 0 radical (unpaired) electrons. The number of aryl methyl sites for hydroxylation is 1. The zero-order valence-electron chi connectivity index (χ0n) is 10.4. The lowest BCUT2D eigenvalue weighted by molar-refractivity contribution is 0.0692. The summed E-state index contributed by atoms with van der Waals surface area (Å²) in [4.78, 5) is 25.7. The molecule has 0 saturated carbocycles. The minimum absolute atomic E-state index is 0.0682. The topological polar surface area (TPSA) is 102 Å². The van der Waals surface area contributed by atoms with Crippen molar-refractivity contribution in [1.82, 2.24) is 4.98 Å². The largest absolute Gasteiger partial charge is 0.507 e. The summed E-state index contributed by atoms with van der Waals surface area (Å²) in [6.07, 6.45) is 0. The molecule has 0 saturated heterocycles. The Morgan fingerprint density at radius 2 is 2.00 bits per heavy atom. The molecule has 0 aliphatic rings. The number of anilines is 1. The molecule has 4 N–H and O–H groups in total. The predicted octanol–water partition coefficient (Wildman–Crippen LogP) is 2.74. The van der Waals surface area contributed by atoms with Crippen molar-refractivity contribution in [3.63, 3.8) is 0 Å². The highest BCUT2D eigenvalue weighted by Crippen LogP contribution is 2.25. The average Bonchev–Trinajstić information content (AvgIpc) is 2.73. The maximum absolute atomic E-state index is 12.0. The van der Waals surface area contributed by atoms with Crippen molar-refractivity contribution in [2.45, 2.75) is 6.92 Å². The first kappa shape index (κ1) is 14.1. The minimum atomic E-state index is -1.16. The van der Waals surface area contributed by atoms with E-state index in [1.165, 1.54) is 24.3 Å². The molecule has 7 heteroatoms. The van der Waals surface area contributed by atoms with Crippen LogP contribution in [0.4, 0.5) is 5.69 Å². The molecule has 1 heterocycles. The Kier molecular flexibility index (Phi) is 3.80. The molecule has 1 aromatic heterocycles. The Morgan fingerprint density at radius 1 is 1.30 bits per heavy atom. The summed E-state index contributed by atoms with van der Waals surface area (Å²) in [5.74, 6) is -1.73. The van der Waals surface area contributed by atoms with E-state index in [2.05, 4.69) is 26.2 Å². The van der Waals surface area contributed by atoms with Crippen molar-refractivity contribution in [2.75, 3.05) is 5.32 Å². The fraction of sp³-hybridized carbons (Fsp3) is 0.0769. The number of phenols is 1. The second kappa shape index (κ2) is 5.38. The van der Waals surface area contributed by atoms with Crippen LogP contribution in [0, 0.1) is 6.92 Å². The van der Waals surface area contributed by atoms with Crippen LogP contribution in [0.25, 0.3) is 0 Å². The van der Waals surface area contributed by atoms with Crippen molar-refractivity contribution in [2.24, 2.45) is 0 Å². The summed E-state index contributed by atoms with van der Waals surface area (Å²) < 4.78 is 0.470. The molecule has 0 spiro atoms. The molecule has 20 heavy (non-hydrogen) atoms. The number of halogens is 1. The number of hydrogen-bond donors (Lipinski definition) is 4. The number of carbonyl (C=O) groups is 2. The highest BCUT2D eigenvalue weighted by atomic mass is 79.9. The third-order valence-electron chi connectivity index (χ3n) is 2.62. The van der Waals surface area contributed by atoms with Crippen LogP contribution in [0.1, 0.15) is 26.5 Å². The number of aromatic hydroxyl groups is 1. The van der Waals surface area contributed by atoms with Gasteiger partial charge < -0.3 is 20.5 Å². The number of carboxylic acids is 1. The van der Waals surface area contributed by atoms with Crippen molar-refractivity contribution in [1.29, 1.82) is 0 Å². The number of amides is 1. The maximum atomic E-state index is 12.0. The van der Waals surface area contributed by atoms with E-state index in [4.69, 9.17) is 5.11 Å². The Bertz CT molecular complexity index is 694. The number of benzene rings is 1. The van der Waals surface area contributed by atoms with Gasteiger partial charge in [0.2, 0.25) is 0 Å². The number of carbonyl (C=O) groups excluding carboxylic acids is 1. The zero-order valence-corrected chi connectivity index (χ0v) is 12.0. The molecular weight excluding hydrogens is 328 g/mol. The van der Waals surface area contributed by atoms with Gasteiger partial charge in [0.1, 0.15) is 11.4 Å². The van der Waals surface area contributed by atoms with Gasteiger partial charge >= 0.3 is 5.97 Å². The number of aromatic carboxylic acids is 1. The molecule has 0 unspecified atom stereocenters. The lowest BCUT2D eigenvalue weighted by Gasteiger charge is -2.05. The number of nitrogens with one attached hydrogen (secondary N) is 2. The molecule has 104 valence electrons. The first-order valence-corrected chi connectivity index (χ1v) is 6.40. The molecule has 2 aromatic rings. The summed E-state index contributed by atoms with van der Waals surface area (Å²) in [6.45, 7) is 1.69. The number of hydrogen-bond acceptors (Lipinski definition) is 3. The van der Waals surface area contributed by atoms with Gasteiger partial charge in [0.25, 0.3) is 5.91 Å². The van der Waals surface area contributed by atoms with Gasteiger partial charge in [0.05, 0.1) is 10.2 Å². The van der Waals surface area contributed by atoms with Gasteiger partial charge in [0.15, 0.2) is 0 Å². The second-order valence-corrected chi connectivity index (χ2v) is 5.02. The molecule has 0 fully saturated rings. The second-order valence-electron chi connectivity index (χ2n) is 4.17. The number of phenolic OH excluding ortho intramolecular Hbond substituents is 1. The highest BCUT2D eigenvalue weighted by molar-refractivity contribution is 9.10. The first-order chi connectivity index (χ1) is 9.38. The van der Waals surface area contributed by atoms with Crippen LogP contribution in [-0.4, -0.2) is 27.1 Å². The molecule has 0 atom stereocenters. The van der Waals surface area contributed by atoms with E-state index in [-0.39, 0.29) is 22.7 Å². The fourth-order valence-electron chi connectivity index (χ4n) is 1.70. The Balaban J connectivity index is 2.27. The van der Waals surface area contributed by atoms with Crippen LogP contribution < -0.4 is 5.32 Å². The average molecular weight is 339 g/mol. The summed E-state index contributed by atoms with van der Waals surface area (Å²) in [6, 6.07) is 5.86. The van der Waals surface area contributed by atoms with E-state index < -0.39 is 11.9 Å². The standard InChI is InChI=1S/C13H11BrN2O4/c1-6-4-9(11(15-6)13(19)20)16-12(18)7-2-3-8(14)10(17)5-7/h2-5,15,17H,1H3,(H,16,18)(H,19,20). The number of H-pyrrole nitrogens is 1. The van der Waals surface area contributed by atoms with Crippen LogP contribution in [0.15, 0.2) is 28.7 Å². The fourth-order valence-corrected chi connectivity index (χ4v) is 1.95. The smallest absolute Gasteiger partial charge is 0.354 e. The Labute approximate surface area is 122 Å². The van der Waals surface area contributed by atoms with Gasteiger partial charge in [-0.1, -0.05) is 0 Å². The summed E-state index contributed by atoms with van der Waals surface area (Å²) >= 11 is 3.11. The number of carboxylic acid groups (broad SMARTS) is 1. The molecule has 2 rings (SSSR count). The van der Waals surface area contributed by atoms with E-state index in [0.717, 1.165) is 0 Å². The molecule has 0 aliphatic carbocycles. The van der Waals surface area contributed by atoms with Crippen LogP contribution >= 0.6 is 15.9 Å². The van der Waals surface area contributed by atoms with Crippen molar-refractivity contribution in [3.8, 4) is 5.75 Å². The quantitative estimate of drug-likeness (QED) is 0.690. The third-order valence-corrected chi connectivity index (χ3v) is 3.29. The van der Waals surface area contributed by atoms with Gasteiger partial charge in [-0.25, -0.2) is 4.79 Å². The van der Waals surface area contributed by atoms with Gasteiger partial charge in [0, 0.05) is 11.3 Å². The van der Waals surface area contributed by atoms with Crippen molar-refractivity contribution < 1.29 is 19.8 Å². The molecular formula is C13H11BrN2O4. The lowest BCUT2D eigenvalue weighted by atomic mass is 10.2. The molecule has 1 amide bonds. The normalized spacial score (nSPS) is 10.3. The summed E-state index contributed by atoms with van der Waals surface area (Å²) in [5.41, 5.74) is 0.942.